The van der Waals surface area contributed by atoms with Crippen LogP contribution in [0.25, 0.3) is 0 Å². The Balaban J connectivity index is 0.00000361. The Hall–Kier alpha value is 0.684. The third kappa shape index (κ3) is 6.63. The number of methoxy groups -OCH3 is 1. The number of hydrogen-bond donors (Lipinski definition) is 1. The van der Waals surface area contributed by atoms with E-state index in [0.29, 0.717) is 6.61 Å². The van der Waals surface area contributed by atoms with E-state index < -0.39 is 14.1 Å². The maximum atomic E-state index is 12.3. The predicted molar refractivity (Wildman–Crippen MR) is 74.4 cm³/mol. The zero-order valence-corrected chi connectivity index (χ0v) is 16.6. The Labute approximate surface area is 147 Å². The number of carbonyl (C=O) groups is 1. The van der Waals surface area contributed by atoms with Gasteiger partial charge in [-0.05, 0) is 33.6 Å². The van der Waals surface area contributed by atoms with Gasteiger partial charge in [0, 0.05) is 52.4 Å². The van der Waals surface area contributed by atoms with Crippen LogP contribution in [-0.2, 0) is 51.5 Å². The Bertz CT molecular complexity index is 331. The fraction of sp³-hybridized carbons (Fsp3) is 0.917. The molecule has 1 radical (unpaired) electrons. The number of esters is 1. The third-order valence-electron chi connectivity index (χ3n) is 3.04. The van der Waals surface area contributed by atoms with Gasteiger partial charge in [0.15, 0.2) is 0 Å². The van der Waals surface area contributed by atoms with Crippen LogP contribution in [0.15, 0.2) is 0 Å². The van der Waals surface area contributed by atoms with E-state index in [-0.39, 0.29) is 50.8 Å². The molecule has 6 nitrogen and oxygen atoms in total. The van der Waals surface area contributed by atoms with Gasteiger partial charge in [-0.3, -0.25) is 9.36 Å². The molecule has 0 aromatic heterocycles. The first-order chi connectivity index (χ1) is 8.95. The van der Waals surface area contributed by atoms with Crippen molar-refractivity contribution in [3.05, 3.63) is 0 Å². The third-order valence-corrected chi connectivity index (χ3v) is 4.83. The van der Waals surface area contributed by atoms with Crippen molar-refractivity contribution in [3.8, 4) is 0 Å². The summed E-state index contributed by atoms with van der Waals surface area (Å²) in [4.78, 5) is 11.7. The Morgan fingerprint density at radius 1 is 1.45 bits per heavy atom. The van der Waals surface area contributed by atoms with Crippen molar-refractivity contribution < 1.29 is 51.5 Å². The van der Waals surface area contributed by atoms with Gasteiger partial charge in [0.2, 0.25) is 8.10 Å². The molecular formula is C12H25N2O4PY. The Morgan fingerprint density at radius 2 is 2.10 bits per heavy atom. The van der Waals surface area contributed by atoms with Crippen molar-refractivity contribution in [1.29, 1.82) is 0 Å². The number of rotatable bonds is 7. The van der Waals surface area contributed by atoms with Gasteiger partial charge < -0.3 is 9.47 Å². The van der Waals surface area contributed by atoms with E-state index in [0.717, 1.165) is 19.4 Å². The molecule has 1 aliphatic heterocycles. The standard InChI is InChI=1S/C12H25N2O4P.Y/c1-9(2)18-12(15)10(3)13-19(16)14-7-5-6-11(14)8-17-4;/h9-11,19H,5-8H2,1-4H3,(H,13,16);. The second-order valence-corrected chi connectivity index (χ2v) is 6.58. The van der Waals surface area contributed by atoms with Gasteiger partial charge in [-0.25, -0.2) is 9.76 Å². The Morgan fingerprint density at radius 3 is 2.65 bits per heavy atom. The van der Waals surface area contributed by atoms with Gasteiger partial charge in [0.25, 0.3) is 0 Å². The first kappa shape index (κ1) is 20.7. The van der Waals surface area contributed by atoms with E-state index in [4.69, 9.17) is 9.47 Å². The zero-order valence-electron chi connectivity index (χ0n) is 12.7. The van der Waals surface area contributed by atoms with Crippen LogP contribution in [0.1, 0.15) is 33.6 Å². The van der Waals surface area contributed by atoms with Gasteiger partial charge >= 0.3 is 5.97 Å². The molecule has 3 atom stereocenters. The predicted octanol–water partition coefficient (Wildman–Crippen LogP) is 1.41. The average Bonchev–Trinajstić information content (AvgIpc) is 2.76. The molecule has 1 rings (SSSR count). The van der Waals surface area contributed by atoms with Crippen LogP contribution < -0.4 is 5.09 Å². The summed E-state index contributed by atoms with van der Waals surface area (Å²) in [5.74, 6) is -0.365. The largest absolute Gasteiger partial charge is 0.462 e. The monoisotopic (exact) mass is 381 g/mol. The number of nitrogens with one attached hydrogen (secondary N) is 1. The molecule has 1 heterocycles. The van der Waals surface area contributed by atoms with Crippen LogP contribution in [0.3, 0.4) is 0 Å². The quantitative estimate of drug-likeness (QED) is 0.532. The summed E-state index contributed by atoms with van der Waals surface area (Å²) in [7, 11) is -0.521. The van der Waals surface area contributed by atoms with Gasteiger partial charge in [-0.1, -0.05) is 0 Å². The SMILES string of the molecule is COCC1CCCN1[PH](=O)NC(C)C(=O)OC(C)C.[Y]. The first-order valence-corrected chi connectivity index (χ1v) is 8.07. The molecule has 0 aliphatic carbocycles. The second kappa shape index (κ2) is 10.4. The van der Waals surface area contributed by atoms with Gasteiger partial charge in [0.1, 0.15) is 6.04 Å². The molecule has 0 spiro atoms. The van der Waals surface area contributed by atoms with E-state index in [1.165, 1.54) is 0 Å². The molecule has 0 amide bonds. The minimum absolute atomic E-state index is 0. The molecule has 0 aromatic rings. The van der Waals surface area contributed by atoms with Crippen molar-refractivity contribution in [3.63, 3.8) is 0 Å². The fourth-order valence-corrected chi connectivity index (χ4v) is 3.68. The molecule has 1 aliphatic rings. The number of hydrogen-bond acceptors (Lipinski definition) is 4. The van der Waals surface area contributed by atoms with Crippen molar-refractivity contribution in [2.45, 2.75) is 51.8 Å². The van der Waals surface area contributed by atoms with E-state index >= 15 is 0 Å². The normalized spacial score (nSPS) is 22.4. The van der Waals surface area contributed by atoms with Crippen LogP contribution in [0.5, 0.6) is 0 Å². The van der Waals surface area contributed by atoms with Gasteiger partial charge in [-0.2, -0.15) is 0 Å². The Kier molecular flexibility index (Phi) is 10.8. The summed E-state index contributed by atoms with van der Waals surface area (Å²) >= 11 is 0. The van der Waals surface area contributed by atoms with E-state index in [1.54, 1.807) is 27.9 Å². The molecule has 0 bridgehead atoms. The molecule has 1 fully saturated rings. The second-order valence-electron chi connectivity index (χ2n) is 5.10. The van der Waals surface area contributed by atoms with E-state index in [1.807, 2.05) is 4.67 Å². The fourth-order valence-electron chi connectivity index (χ4n) is 2.13. The average molecular weight is 381 g/mol. The smallest absolute Gasteiger partial charge is 0.323 e. The minimum atomic E-state index is -2.16. The van der Waals surface area contributed by atoms with Gasteiger partial charge in [-0.15, -0.1) is 0 Å². The van der Waals surface area contributed by atoms with Crippen LogP contribution >= 0.6 is 8.10 Å². The molecule has 3 unspecified atom stereocenters. The molecule has 0 saturated carbocycles. The molecule has 1 saturated heterocycles. The van der Waals surface area contributed by atoms with Gasteiger partial charge in [0.05, 0.1) is 12.7 Å². The molecule has 8 heteroatoms. The summed E-state index contributed by atoms with van der Waals surface area (Å²) in [5.41, 5.74) is 0. The summed E-state index contributed by atoms with van der Waals surface area (Å²) in [6.45, 7) is 6.62. The maximum absolute atomic E-state index is 12.3. The number of carbonyl (C=O) groups excluding carboxylic acids is 1. The summed E-state index contributed by atoms with van der Waals surface area (Å²) in [6.07, 6.45) is 1.83. The minimum Gasteiger partial charge on any atom is -0.462 e. The topological polar surface area (TPSA) is 67.9 Å². The zero-order chi connectivity index (χ0) is 14.4. The van der Waals surface area contributed by atoms with Crippen molar-refractivity contribution >= 4 is 14.1 Å². The van der Waals surface area contributed by atoms with Crippen LogP contribution in [0.2, 0.25) is 0 Å². The summed E-state index contributed by atoms with van der Waals surface area (Å²) in [5, 5.41) is 2.86. The van der Waals surface area contributed by atoms with E-state index in [2.05, 4.69) is 5.09 Å². The van der Waals surface area contributed by atoms with Crippen molar-refractivity contribution in [2.24, 2.45) is 0 Å². The molecular weight excluding hydrogens is 356 g/mol. The first-order valence-electron chi connectivity index (χ1n) is 6.72. The number of ether oxygens (including phenoxy) is 2. The molecule has 20 heavy (non-hydrogen) atoms. The van der Waals surface area contributed by atoms with Crippen molar-refractivity contribution in [2.75, 3.05) is 20.3 Å². The molecule has 0 aromatic carbocycles. The molecule has 115 valence electrons. The van der Waals surface area contributed by atoms with Crippen LogP contribution in [-0.4, -0.2) is 49.1 Å². The maximum Gasteiger partial charge on any atom is 0.323 e. The van der Waals surface area contributed by atoms with Crippen molar-refractivity contribution in [1.82, 2.24) is 9.76 Å². The van der Waals surface area contributed by atoms with Crippen LogP contribution in [0.4, 0.5) is 0 Å². The molecule has 1 N–H and O–H groups in total. The van der Waals surface area contributed by atoms with E-state index in [9.17, 15) is 9.36 Å². The summed E-state index contributed by atoms with van der Waals surface area (Å²) in [6, 6.07) is -0.380. The number of nitrogens with zero attached hydrogens (tertiary/aromatic N) is 1. The summed E-state index contributed by atoms with van der Waals surface area (Å²) < 4.78 is 24.4. The van der Waals surface area contributed by atoms with Crippen LogP contribution in [0, 0.1) is 0 Å².